The standard InChI is InChI=1S/C54H69N7O10/c1-6-57(7-2)44-12-10-43-36-49(54(62)71-50(43)38-44)61-39-45(55-56-61)42-11-15-48(53(37-42)70-33-28-63-5)60-20-26-68-51-34-40(3)8-13-46(51)58-16-22-64-29-31-66-24-18-59(19-25-67-32-30-65-23-17-58)47-14-9-41(4)35-52(47)69-27-21-60/h8-15,34-39H,6-7,16-33H2,1-5H3. The van der Waals surface area contributed by atoms with Crippen molar-refractivity contribution in [3.8, 4) is 34.2 Å². The largest absolute Gasteiger partial charge is 0.490 e. The normalized spacial score (nSPS) is 16.2. The van der Waals surface area contributed by atoms with Gasteiger partial charge >= 0.3 is 5.63 Å². The van der Waals surface area contributed by atoms with Crippen LogP contribution in [0.5, 0.6) is 17.2 Å². The number of fused-ring (bicyclic) bond motifs is 21. The van der Waals surface area contributed by atoms with Crippen LogP contribution in [0, 0.1) is 13.8 Å². The Bertz CT molecular complexity index is 2590. The van der Waals surface area contributed by atoms with Crippen molar-refractivity contribution in [2.24, 2.45) is 0 Å². The molecule has 0 saturated carbocycles. The molecule has 0 radical (unpaired) electrons. The second-order valence-corrected chi connectivity index (χ2v) is 17.4. The van der Waals surface area contributed by atoms with Gasteiger partial charge in [0, 0.05) is 69.1 Å². The quantitative estimate of drug-likeness (QED) is 0.0774. The maximum absolute atomic E-state index is 13.4. The SMILES string of the molecule is CCN(CC)c1ccc2cc(-n3cc(-c4ccc(N5CCOc6cc(C)ccc6N6CCOCCOCCN(CCOCCOCC6)c6ccc(C)cc6OCC5)c(OCCOC)c4)nn3)c(=O)oc2c1. The minimum absolute atomic E-state index is 0.256. The number of nitrogens with zero attached hydrogens (tertiary/aromatic N) is 7. The number of hydrogen-bond donors (Lipinski definition) is 0. The molecule has 17 nitrogen and oxygen atoms in total. The summed E-state index contributed by atoms with van der Waals surface area (Å²) < 4.78 is 57.2. The molecule has 0 N–H and O–H groups in total. The van der Waals surface area contributed by atoms with Gasteiger partial charge in [0.2, 0.25) is 0 Å². The number of aromatic nitrogens is 3. The van der Waals surface area contributed by atoms with Gasteiger partial charge in [-0.15, -0.1) is 5.10 Å². The van der Waals surface area contributed by atoms with Crippen LogP contribution >= 0.6 is 0 Å². The molecule has 2 bridgehead atoms. The number of anilines is 4. The van der Waals surface area contributed by atoms with Crippen molar-refractivity contribution in [2.75, 3.05) is 158 Å². The number of hydrogen-bond acceptors (Lipinski definition) is 16. The third kappa shape index (κ3) is 13.5. The Labute approximate surface area is 416 Å². The van der Waals surface area contributed by atoms with Gasteiger partial charge in [0.15, 0.2) is 5.69 Å². The molecule has 0 atom stereocenters. The van der Waals surface area contributed by atoms with Crippen LogP contribution in [0.4, 0.5) is 22.7 Å². The Balaban J connectivity index is 1.13. The van der Waals surface area contributed by atoms with Gasteiger partial charge in [-0.3, -0.25) is 0 Å². The average Bonchev–Trinajstić information content (AvgIpc) is 3.87. The van der Waals surface area contributed by atoms with Crippen LogP contribution < -0.4 is 39.4 Å². The van der Waals surface area contributed by atoms with Crippen LogP contribution in [0.2, 0.25) is 0 Å². The lowest BCUT2D eigenvalue weighted by Gasteiger charge is -2.30. The first kappa shape index (κ1) is 51.0. The number of aryl methyl sites for hydroxylation is 2. The highest BCUT2D eigenvalue weighted by atomic mass is 16.5. The van der Waals surface area contributed by atoms with Gasteiger partial charge in [0.25, 0.3) is 0 Å². The lowest BCUT2D eigenvalue weighted by Crippen LogP contribution is -2.34. The zero-order valence-electron chi connectivity index (χ0n) is 41.9. The molecule has 0 unspecified atom stereocenters. The Morgan fingerprint density at radius 3 is 1.70 bits per heavy atom. The van der Waals surface area contributed by atoms with Crippen molar-refractivity contribution < 1.29 is 42.3 Å². The minimum atomic E-state index is -0.513. The highest BCUT2D eigenvalue weighted by Gasteiger charge is 2.21. The number of rotatable bonds is 10. The first-order valence-corrected chi connectivity index (χ1v) is 24.9. The molecule has 5 heterocycles. The van der Waals surface area contributed by atoms with Crippen LogP contribution in [0.3, 0.4) is 0 Å². The molecule has 0 spiro atoms. The summed E-state index contributed by atoms with van der Waals surface area (Å²) in [6.07, 6.45) is 1.73. The van der Waals surface area contributed by atoms with Gasteiger partial charge in [0.1, 0.15) is 48.3 Å². The highest BCUT2D eigenvalue weighted by Crippen LogP contribution is 2.36. The smallest absolute Gasteiger partial charge is 0.362 e. The van der Waals surface area contributed by atoms with E-state index < -0.39 is 5.63 Å². The summed E-state index contributed by atoms with van der Waals surface area (Å²) in [4.78, 5) is 22.4. The predicted molar refractivity (Wildman–Crippen MR) is 277 cm³/mol. The van der Waals surface area contributed by atoms with Crippen LogP contribution in [0.25, 0.3) is 27.9 Å². The van der Waals surface area contributed by atoms with Crippen molar-refractivity contribution in [2.45, 2.75) is 27.7 Å². The van der Waals surface area contributed by atoms with Crippen LogP contribution in [0.15, 0.2) is 94.3 Å². The van der Waals surface area contributed by atoms with E-state index in [4.69, 9.17) is 42.3 Å². The molecule has 6 aromatic rings. The van der Waals surface area contributed by atoms with Crippen LogP contribution in [-0.4, -0.2) is 154 Å². The van der Waals surface area contributed by atoms with Gasteiger partial charge in [0.05, 0.1) is 95.8 Å². The van der Waals surface area contributed by atoms with E-state index in [1.807, 2.05) is 36.4 Å². The van der Waals surface area contributed by atoms with Gasteiger partial charge in [-0.2, -0.15) is 0 Å². The Kier molecular flexibility index (Phi) is 18.4. The maximum atomic E-state index is 13.4. The van der Waals surface area contributed by atoms with E-state index in [1.54, 1.807) is 19.4 Å². The van der Waals surface area contributed by atoms with Crippen molar-refractivity contribution in [1.29, 1.82) is 0 Å². The molecule has 1 saturated heterocycles. The number of methoxy groups -OCH3 is 1. The zero-order chi connectivity index (χ0) is 49.4. The summed E-state index contributed by atoms with van der Waals surface area (Å²) >= 11 is 0. The van der Waals surface area contributed by atoms with Crippen molar-refractivity contribution >= 4 is 33.7 Å². The van der Waals surface area contributed by atoms with Crippen molar-refractivity contribution in [3.63, 3.8) is 0 Å². The fourth-order valence-electron chi connectivity index (χ4n) is 8.76. The molecule has 9 rings (SSSR count). The van der Waals surface area contributed by atoms with E-state index in [9.17, 15) is 4.79 Å². The Morgan fingerprint density at radius 2 is 1.14 bits per heavy atom. The second-order valence-electron chi connectivity index (χ2n) is 17.4. The predicted octanol–water partition coefficient (Wildman–Crippen LogP) is 7.20. The average molecular weight is 976 g/mol. The summed E-state index contributed by atoms with van der Waals surface area (Å²) in [5, 5.41) is 9.68. The van der Waals surface area contributed by atoms with Gasteiger partial charge in [-0.25, -0.2) is 9.48 Å². The fraction of sp³-hybridized carbons (Fsp3) is 0.463. The molecule has 17 heteroatoms. The molecule has 380 valence electrons. The fourth-order valence-corrected chi connectivity index (χ4v) is 8.76. The number of ether oxygens (including phenoxy) is 8. The lowest BCUT2D eigenvalue weighted by atomic mass is 10.1. The molecule has 3 aliphatic rings. The molecule has 2 aromatic heterocycles. The summed E-state index contributed by atoms with van der Waals surface area (Å²) in [6, 6.07) is 26.3. The van der Waals surface area contributed by atoms with E-state index >= 15 is 0 Å². The summed E-state index contributed by atoms with van der Waals surface area (Å²) in [5.41, 5.74) is 7.48. The Morgan fingerprint density at radius 1 is 0.592 bits per heavy atom. The molecular formula is C54H69N7O10. The van der Waals surface area contributed by atoms with Gasteiger partial charge < -0.3 is 61.9 Å². The highest BCUT2D eigenvalue weighted by molar-refractivity contribution is 5.82. The number of benzene rings is 4. The van der Waals surface area contributed by atoms with Gasteiger partial charge in [-0.05, 0) is 93.4 Å². The van der Waals surface area contributed by atoms with Gasteiger partial charge in [-0.1, -0.05) is 23.4 Å². The van der Waals surface area contributed by atoms with Crippen LogP contribution in [0.1, 0.15) is 25.0 Å². The summed E-state index contributed by atoms with van der Waals surface area (Å²) in [5.74, 6) is 2.16. The Hall–Kier alpha value is -6.37. The maximum Gasteiger partial charge on any atom is 0.362 e. The van der Waals surface area contributed by atoms with E-state index in [2.05, 4.69) is 94.0 Å². The van der Waals surface area contributed by atoms with E-state index in [-0.39, 0.29) is 5.69 Å². The van der Waals surface area contributed by atoms with Crippen LogP contribution in [-0.2, 0) is 23.7 Å². The second kappa shape index (κ2) is 25.7. The zero-order valence-corrected chi connectivity index (χ0v) is 41.9. The topological polar surface area (TPSA) is 148 Å². The molecule has 0 amide bonds. The van der Waals surface area contributed by atoms with E-state index in [1.165, 1.54) is 4.68 Å². The van der Waals surface area contributed by atoms with Crippen molar-refractivity contribution in [3.05, 3.63) is 107 Å². The third-order valence-electron chi connectivity index (χ3n) is 12.6. The third-order valence-corrected chi connectivity index (χ3v) is 12.6. The molecule has 3 aliphatic heterocycles. The van der Waals surface area contributed by atoms with E-state index in [0.717, 1.165) is 69.4 Å². The first-order valence-electron chi connectivity index (χ1n) is 24.9. The monoisotopic (exact) mass is 976 g/mol. The molecule has 71 heavy (non-hydrogen) atoms. The summed E-state index contributed by atoms with van der Waals surface area (Å²) in [7, 11) is 1.65. The van der Waals surface area contributed by atoms with Crippen molar-refractivity contribution in [1.82, 2.24) is 15.0 Å². The summed E-state index contributed by atoms with van der Waals surface area (Å²) in [6.45, 7) is 19.0. The molecule has 1 fully saturated rings. The first-order chi connectivity index (χ1) is 34.8. The minimum Gasteiger partial charge on any atom is -0.490 e. The van der Waals surface area contributed by atoms with E-state index in [0.29, 0.717) is 136 Å². The lowest BCUT2D eigenvalue weighted by molar-refractivity contribution is 0.0435. The molecule has 0 aliphatic carbocycles. The molecule has 4 aromatic carbocycles. The molecular weight excluding hydrogens is 907 g/mol.